The van der Waals surface area contributed by atoms with Gasteiger partial charge >= 0.3 is 0 Å². The molecule has 1 aromatic carbocycles. The van der Waals surface area contributed by atoms with Gasteiger partial charge in [-0.15, -0.1) is 0 Å². The molecular weight excluding hydrogens is 369 g/mol. The van der Waals surface area contributed by atoms with Crippen molar-refractivity contribution in [2.45, 2.75) is 50.4 Å². The van der Waals surface area contributed by atoms with Gasteiger partial charge in [0.05, 0.1) is 12.7 Å². The smallest absolute Gasteiger partial charge is 0.194 e. The fraction of sp³-hybridized carbons (Fsp3) is 0.650. The zero-order valence-corrected chi connectivity index (χ0v) is 16.4. The Bertz CT molecular complexity index is 676. The highest BCUT2D eigenvalue weighted by atomic mass is 35.5. The Morgan fingerprint density at radius 2 is 2.19 bits per heavy atom. The normalized spacial score (nSPS) is 31.2. The number of hydrogen-bond acceptors (Lipinski definition) is 3. The van der Waals surface area contributed by atoms with E-state index in [1.54, 1.807) is 12.1 Å². The van der Waals surface area contributed by atoms with Gasteiger partial charge in [-0.2, -0.15) is 0 Å². The molecule has 0 aromatic heterocycles. The largest absolute Gasteiger partial charge is 0.375 e. The third-order valence-electron chi connectivity index (χ3n) is 5.56. The Balaban J connectivity index is 1.41. The minimum Gasteiger partial charge on any atom is -0.375 e. The highest BCUT2D eigenvalue weighted by Gasteiger charge is 2.43. The second-order valence-corrected chi connectivity index (χ2v) is 7.84. The van der Waals surface area contributed by atoms with Crippen molar-refractivity contribution in [2.75, 3.05) is 32.8 Å². The minimum absolute atomic E-state index is 0.0844. The van der Waals surface area contributed by atoms with Gasteiger partial charge in [0.25, 0.3) is 0 Å². The molecule has 1 saturated carbocycles. The van der Waals surface area contributed by atoms with Gasteiger partial charge < -0.3 is 19.7 Å². The number of guanidine groups is 1. The van der Waals surface area contributed by atoms with E-state index < -0.39 is 0 Å². The topological polar surface area (TPSA) is 46.1 Å². The fourth-order valence-electron chi connectivity index (χ4n) is 4.08. The van der Waals surface area contributed by atoms with Crippen LogP contribution in [0.3, 0.4) is 0 Å². The van der Waals surface area contributed by atoms with Crippen LogP contribution in [0, 0.1) is 5.82 Å². The van der Waals surface area contributed by atoms with Crippen LogP contribution in [0.2, 0.25) is 5.02 Å². The van der Waals surface area contributed by atoms with E-state index in [2.05, 4.69) is 15.2 Å². The van der Waals surface area contributed by atoms with Crippen molar-refractivity contribution >= 4 is 17.6 Å². The van der Waals surface area contributed by atoms with E-state index in [1.807, 2.05) is 6.92 Å². The van der Waals surface area contributed by atoms with Crippen molar-refractivity contribution in [3.05, 3.63) is 34.6 Å². The Morgan fingerprint density at radius 3 is 2.93 bits per heavy atom. The molecular formula is C20H27ClFN3O2. The Morgan fingerprint density at radius 1 is 1.33 bits per heavy atom. The lowest BCUT2D eigenvalue weighted by atomic mass is 10.1. The molecule has 3 fully saturated rings. The van der Waals surface area contributed by atoms with Crippen molar-refractivity contribution < 1.29 is 13.9 Å². The average Bonchev–Trinajstić information content (AvgIpc) is 3.18. The molecule has 4 atom stereocenters. The lowest BCUT2D eigenvalue weighted by Gasteiger charge is -2.37. The summed E-state index contributed by atoms with van der Waals surface area (Å²) in [5.74, 6) is 0.745. The molecule has 7 heteroatoms. The van der Waals surface area contributed by atoms with Crippen molar-refractivity contribution in [2.24, 2.45) is 4.99 Å². The lowest BCUT2D eigenvalue weighted by Crippen LogP contribution is -2.53. The maximum atomic E-state index is 14.2. The molecule has 4 rings (SSSR count). The number of halogens is 2. The molecule has 0 radical (unpaired) electrons. The molecule has 2 aliphatic heterocycles. The predicted molar refractivity (Wildman–Crippen MR) is 104 cm³/mol. The van der Waals surface area contributed by atoms with Crippen molar-refractivity contribution in [3.63, 3.8) is 0 Å². The third kappa shape index (κ3) is 4.23. The van der Waals surface area contributed by atoms with E-state index >= 15 is 0 Å². The van der Waals surface area contributed by atoms with E-state index in [-0.39, 0.29) is 30.0 Å². The van der Waals surface area contributed by atoms with Crippen molar-refractivity contribution in [3.8, 4) is 0 Å². The van der Waals surface area contributed by atoms with Crippen LogP contribution in [0.4, 0.5) is 4.39 Å². The van der Waals surface area contributed by atoms with Crippen LogP contribution in [0.25, 0.3) is 0 Å². The quantitative estimate of drug-likeness (QED) is 0.628. The Labute approximate surface area is 164 Å². The molecule has 0 bridgehead atoms. The summed E-state index contributed by atoms with van der Waals surface area (Å²) in [5.41, 5.74) is 0.617. The highest BCUT2D eigenvalue weighted by Crippen LogP contribution is 2.45. The highest BCUT2D eigenvalue weighted by molar-refractivity contribution is 6.31. The summed E-state index contributed by atoms with van der Waals surface area (Å²) in [6.07, 6.45) is 3.29. The van der Waals surface area contributed by atoms with E-state index in [9.17, 15) is 4.39 Å². The van der Waals surface area contributed by atoms with Crippen LogP contribution < -0.4 is 5.32 Å². The number of benzene rings is 1. The zero-order valence-electron chi connectivity index (χ0n) is 15.7. The van der Waals surface area contributed by atoms with Crippen LogP contribution in [0.1, 0.15) is 37.7 Å². The number of rotatable bonds is 4. The second-order valence-electron chi connectivity index (χ2n) is 7.43. The van der Waals surface area contributed by atoms with Gasteiger partial charge in [-0.3, -0.25) is 4.99 Å². The Hall–Kier alpha value is -1.37. The molecule has 2 saturated heterocycles. The summed E-state index contributed by atoms with van der Waals surface area (Å²) in [6, 6.07) is 5.04. The van der Waals surface area contributed by atoms with Crippen LogP contribution in [0.5, 0.6) is 0 Å². The van der Waals surface area contributed by atoms with Crippen LogP contribution in [-0.4, -0.2) is 62.0 Å². The number of aliphatic imine (C=N–C) groups is 1. The van der Waals surface area contributed by atoms with Crippen LogP contribution in [0.15, 0.2) is 23.2 Å². The number of nitrogens with one attached hydrogen (secondary N) is 1. The molecule has 1 aromatic rings. The molecule has 3 aliphatic rings. The third-order valence-corrected chi connectivity index (χ3v) is 5.89. The van der Waals surface area contributed by atoms with E-state index in [0.717, 1.165) is 44.9 Å². The average molecular weight is 396 g/mol. The van der Waals surface area contributed by atoms with Gasteiger partial charge in [-0.25, -0.2) is 4.39 Å². The minimum atomic E-state index is -0.226. The van der Waals surface area contributed by atoms with Gasteiger partial charge in [0.15, 0.2) is 5.96 Å². The zero-order chi connectivity index (χ0) is 18.8. The predicted octanol–water partition coefficient (Wildman–Crippen LogP) is 3.18. The Kier molecular flexibility index (Phi) is 5.85. The molecule has 1 aliphatic carbocycles. The van der Waals surface area contributed by atoms with Crippen molar-refractivity contribution in [1.82, 2.24) is 10.2 Å². The molecule has 148 valence electrons. The first kappa shape index (κ1) is 19.0. The number of morpholine rings is 1. The maximum absolute atomic E-state index is 14.2. The molecule has 2 heterocycles. The van der Waals surface area contributed by atoms with Crippen LogP contribution >= 0.6 is 11.6 Å². The molecule has 0 amide bonds. The number of hydrogen-bond donors (Lipinski definition) is 1. The van der Waals surface area contributed by atoms with E-state index in [4.69, 9.17) is 21.1 Å². The fourth-order valence-corrected chi connectivity index (χ4v) is 4.38. The standard InChI is InChI=1S/C20H27ClFN3O2/c1-2-23-20(25-8-10-27-18(12-25)17-7-4-9-26-17)24-16-11-13(16)19-14(21)5-3-6-15(19)22/h3,5-6,13,16-18H,2,4,7-12H2,1H3,(H,23,24). The summed E-state index contributed by atoms with van der Waals surface area (Å²) in [5, 5.41) is 4.03. The number of nitrogens with zero attached hydrogens (tertiary/aromatic N) is 2. The first-order valence-electron chi connectivity index (χ1n) is 9.90. The van der Waals surface area contributed by atoms with Gasteiger partial charge in [0.2, 0.25) is 0 Å². The summed E-state index contributed by atoms with van der Waals surface area (Å²) < 4.78 is 25.9. The summed E-state index contributed by atoms with van der Waals surface area (Å²) in [4.78, 5) is 6.92. The maximum Gasteiger partial charge on any atom is 0.194 e. The summed E-state index contributed by atoms with van der Waals surface area (Å²) in [7, 11) is 0. The van der Waals surface area contributed by atoms with Crippen LogP contribution in [-0.2, 0) is 9.47 Å². The molecule has 5 nitrogen and oxygen atoms in total. The monoisotopic (exact) mass is 395 g/mol. The van der Waals surface area contributed by atoms with Crippen molar-refractivity contribution in [1.29, 1.82) is 0 Å². The van der Waals surface area contributed by atoms with Gasteiger partial charge in [0, 0.05) is 48.8 Å². The summed E-state index contributed by atoms with van der Waals surface area (Å²) in [6.45, 7) is 5.79. The molecule has 4 unspecified atom stereocenters. The molecule has 0 spiro atoms. The van der Waals surface area contributed by atoms with E-state index in [0.29, 0.717) is 23.7 Å². The lowest BCUT2D eigenvalue weighted by molar-refractivity contribution is -0.0817. The summed E-state index contributed by atoms with van der Waals surface area (Å²) >= 11 is 6.23. The van der Waals surface area contributed by atoms with Gasteiger partial charge in [-0.1, -0.05) is 17.7 Å². The molecule has 1 N–H and O–H groups in total. The SMILES string of the molecule is CCN=C(NC1CC1c1c(F)cccc1Cl)N1CCOC(C2CCCO2)C1. The first-order valence-corrected chi connectivity index (χ1v) is 10.3. The second kappa shape index (κ2) is 8.33. The molecule has 27 heavy (non-hydrogen) atoms. The number of ether oxygens (including phenoxy) is 2. The van der Waals surface area contributed by atoms with Gasteiger partial charge in [0.1, 0.15) is 11.9 Å². The first-order chi connectivity index (χ1) is 13.2. The van der Waals surface area contributed by atoms with Gasteiger partial charge in [-0.05, 0) is 38.3 Å². The van der Waals surface area contributed by atoms with E-state index in [1.165, 1.54) is 6.07 Å².